The van der Waals surface area contributed by atoms with Crippen LogP contribution in [0.15, 0.2) is 51.7 Å². The first-order chi connectivity index (χ1) is 12.1. The molecule has 0 aliphatic heterocycles. The molecule has 1 N–H and O–H groups in total. The lowest BCUT2D eigenvalue weighted by atomic mass is 9.81. The van der Waals surface area contributed by atoms with E-state index in [0.29, 0.717) is 5.58 Å². The minimum Gasteiger partial charge on any atom is -0.422 e. The summed E-state index contributed by atoms with van der Waals surface area (Å²) in [5.74, 6) is -0.400. The summed E-state index contributed by atoms with van der Waals surface area (Å²) in [5.41, 5.74) is -0.469. The Labute approximate surface area is 153 Å². The maximum Gasteiger partial charge on any atom is 0.349 e. The van der Waals surface area contributed by atoms with Gasteiger partial charge < -0.3 is 9.73 Å². The lowest BCUT2D eigenvalue weighted by molar-refractivity contribution is 0.0888. The van der Waals surface area contributed by atoms with Gasteiger partial charge in [-0.1, -0.05) is 51.1 Å². The van der Waals surface area contributed by atoms with Crippen LogP contribution in [0.3, 0.4) is 0 Å². The Morgan fingerprint density at radius 1 is 1.00 bits per heavy atom. The number of carbonyl (C=O) groups excluding carboxylic acids is 1. The number of fused-ring (bicyclic) bond motifs is 3. The van der Waals surface area contributed by atoms with Crippen LogP contribution in [-0.4, -0.2) is 11.4 Å². The van der Waals surface area contributed by atoms with E-state index in [-0.39, 0.29) is 11.0 Å². The van der Waals surface area contributed by atoms with Crippen molar-refractivity contribution in [3.8, 4) is 0 Å². The zero-order valence-corrected chi connectivity index (χ0v) is 16.0. The van der Waals surface area contributed by atoms with Crippen molar-refractivity contribution < 1.29 is 9.21 Å². The van der Waals surface area contributed by atoms with Crippen molar-refractivity contribution in [1.29, 1.82) is 0 Å². The van der Waals surface area contributed by atoms with Crippen LogP contribution in [0.2, 0.25) is 0 Å². The average Bonchev–Trinajstić information content (AvgIpc) is 2.51. The van der Waals surface area contributed by atoms with Gasteiger partial charge >= 0.3 is 5.63 Å². The molecule has 2 aromatic carbocycles. The van der Waals surface area contributed by atoms with Crippen LogP contribution in [0.25, 0.3) is 21.7 Å². The molecule has 0 unspecified atom stereocenters. The van der Waals surface area contributed by atoms with Gasteiger partial charge in [0.2, 0.25) is 0 Å². The number of hydrogen-bond acceptors (Lipinski definition) is 3. The lowest BCUT2D eigenvalue weighted by Crippen LogP contribution is -2.46. The molecule has 3 aromatic rings. The maximum absolute atomic E-state index is 12.8. The molecule has 0 aliphatic rings. The van der Waals surface area contributed by atoms with Gasteiger partial charge in [-0.2, -0.15) is 0 Å². The number of benzene rings is 2. The quantitative estimate of drug-likeness (QED) is 0.540. The summed E-state index contributed by atoms with van der Waals surface area (Å²) >= 11 is 0. The van der Waals surface area contributed by atoms with Crippen molar-refractivity contribution >= 4 is 27.6 Å². The van der Waals surface area contributed by atoms with Gasteiger partial charge in [0, 0.05) is 10.9 Å². The van der Waals surface area contributed by atoms with Gasteiger partial charge in [0.25, 0.3) is 5.91 Å². The van der Waals surface area contributed by atoms with Crippen molar-refractivity contribution in [1.82, 2.24) is 5.32 Å². The van der Waals surface area contributed by atoms with E-state index in [1.54, 1.807) is 12.1 Å². The summed E-state index contributed by atoms with van der Waals surface area (Å²) in [4.78, 5) is 25.1. The molecule has 0 radical (unpaired) electrons. The number of nitrogens with one attached hydrogen (secondary N) is 1. The van der Waals surface area contributed by atoms with Gasteiger partial charge in [0.1, 0.15) is 11.1 Å². The summed E-state index contributed by atoms with van der Waals surface area (Å²) in [6.45, 7) is 10.3. The molecular formula is C22H25NO3. The zero-order chi connectivity index (χ0) is 19.1. The molecule has 26 heavy (non-hydrogen) atoms. The van der Waals surface area contributed by atoms with Crippen LogP contribution < -0.4 is 10.9 Å². The topological polar surface area (TPSA) is 59.3 Å². The summed E-state index contributed by atoms with van der Waals surface area (Å²) in [6.07, 6.45) is 0.785. The minimum atomic E-state index is -0.614. The van der Waals surface area contributed by atoms with Gasteiger partial charge in [-0.25, -0.2) is 4.79 Å². The van der Waals surface area contributed by atoms with Crippen LogP contribution >= 0.6 is 0 Å². The van der Waals surface area contributed by atoms with E-state index in [0.717, 1.165) is 22.6 Å². The highest BCUT2D eigenvalue weighted by atomic mass is 16.4. The fourth-order valence-corrected chi connectivity index (χ4v) is 3.77. The SMILES string of the molecule is CC(C)(C)CC(C)(C)NC(=O)c1cc2c(ccc3ccccc32)oc1=O. The van der Waals surface area contributed by atoms with Gasteiger partial charge in [-0.05, 0) is 48.6 Å². The van der Waals surface area contributed by atoms with Crippen molar-refractivity contribution in [2.75, 3.05) is 0 Å². The minimum absolute atomic E-state index is 0.0378. The van der Waals surface area contributed by atoms with Gasteiger partial charge in [-0.15, -0.1) is 0 Å². The standard InChI is InChI=1S/C22H25NO3/c1-21(2,3)13-22(4,5)23-19(24)17-12-16-15-9-7-6-8-14(15)10-11-18(16)26-20(17)25/h6-12H,13H2,1-5H3,(H,23,24). The van der Waals surface area contributed by atoms with Crippen molar-refractivity contribution in [2.45, 2.75) is 46.6 Å². The fourth-order valence-electron chi connectivity index (χ4n) is 3.77. The predicted molar refractivity (Wildman–Crippen MR) is 106 cm³/mol. The van der Waals surface area contributed by atoms with E-state index in [4.69, 9.17) is 4.42 Å². The Morgan fingerprint density at radius 2 is 1.69 bits per heavy atom. The zero-order valence-electron chi connectivity index (χ0n) is 16.0. The highest BCUT2D eigenvalue weighted by Crippen LogP contribution is 2.28. The molecule has 0 spiro atoms. The third kappa shape index (κ3) is 3.79. The molecule has 0 atom stereocenters. The van der Waals surface area contributed by atoms with Crippen LogP contribution in [-0.2, 0) is 0 Å². The van der Waals surface area contributed by atoms with Gasteiger partial charge in [0.15, 0.2) is 0 Å². The second-order valence-corrected chi connectivity index (χ2v) is 8.72. The molecule has 1 heterocycles. The third-order valence-corrected chi connectivity index (χ3v) is 4.31. The summed E-state index contributed by atoms with van der Waals surface area (Å²) in [7, 11) is 0. The molecule has 4 heteroatoms. The monoisotopic (exact) mass is 351 g/mol. The molecule has 4 nitrogen and oxygen atoms in total. The number of hydrogen-bond donors (Lipinski definition) is 1. The second kappa shape index (κ2) is 6.27. The first kappa shape index (κ1) is 18.2. The normalized spacial score (nSPS) is 12.5. The Kier molecular flexibility index (Phi) is 4.39. The molecule has 1 aromatic heterocycles. The largest absolute Gasteiger partial charge is 0.422 e. The Hall–Kier alpha value is -2.62. The highest BCUT2D eigenvalue weighted by molar-refractivity contribution is 6.07. The van der Waals surface area contributed by atoms with E-state index in [1.165, 1.54) is 0 Å². The highest BCUT2D eigenvalue weighted by Gasteiger charge is 2.28. The van der Waals surface area contributed by atoms with Crippen molar-refractivity contribution in [3.05, 3.63) is 58.4 Å². The molecule has 3 rings (SSSR count). The van der Waals surface area contributed by atoms with E-state index in [2.05, 4.69) is 26.1 Å². The molecule has 0 saturated carbocycles. The summed E-state index contributed by atoms with van der Waals surface area (Å²) in [5, 5.41) is 5.74. The molecular weight excluding hydrogens is 326 g/mol. The van der Waals surface area contributed by atoms with Crippen LogP contribution in [0.4, 0.5) is 0 Å². The smallest absolute Gasteiger partial charge is 0.349 e. The maximum atomic E-state index is 12.8. The van der Waals surface area contributed by atoms with Gasteiger partial charge in [-0.3, -0.25) is 4.79 Å². The average molecular weight is 351 g/mol. The Morgan fingerprint density at radius 3 is 2.38 bits per heavy atom. The second-order valence-electron chi connectivity index (χ2n) is 8.72. The number of carbonyl (C=O) groups is 1. The van der Waals surface area contributed by atoms with E-state index >= 15 is 0 Å². The Balaban J connectivity index is 2.04. The summed E-state index contributed by atoms with van der Waals surface area (Å²) in [6, 6.07) is 13.2. The molecule has 0 saturated heterocycles. The predicted octanol–water partition coefficient (Wildman–Crippen LogP) is 4.89. The van der Waals surface area contributed by atoms with Crippen molar-refractivity contribution in [3.63, 3.8) is 0 Å². The van der Waals surface area contributed by atoms with Crippen LogP contribution in [0, 0.1) is 5.41 Å². The fraction of sp³-hybridized carbons (Fsp3) is 0.364. The molecule has 0 fully saturated rings. The molecule has 1 amide bonds. The molecule has 136 valence electrons. The lowest BCUT2D eigenvalue weighted by Gasteiger charge is -2.33. The molecule has 0 aliphatic carbocycles. The third-order valence-electron chi connectivity index (χ3n) is 4.31. The summed E-state index contributed by atoms with van der Waals surface area (Å²) < 4.78 is 5.42. The molecule has 0 bridgehead atoms. The van der Waals surface area contributed by atoms with E-state index < -0.39 is 17.1 Å². The van der Waals surface area contributed by atoms with Gasteiger partial charge in [0.05, 0.1) is 0 Å². The first-order valence-corrected chi connectivity index (χ1v) is 8.84. The Bertz CT molecular complexity index is 1040. The van der Waals surface area contributed by atoms with Crippen molar-refractivity contribution in [2.24, 2.45) is 5.41 Å². The number of rotatable bonds is 3. The number of amides is 1. The van der Waals surface area contributed by atoms with E-state index in [9.17, 15) is 9.59 Å². The van der Waals surface area contributed by atoms with Crippen LogP contribution in [0.5, 0.6) is 0 Å². The van der Waals surface area contributed by atoms with E-state index in [1.807, 2.05) is 44.2 Å². The first-order valence-electron chi connectivity index (χ1n) is 8.84. The van der Waals surface area contributed by atoms with Crippen LogP contribution in [0.1, 0.15) is 51.4 Å².